The molecule has 3 heteroatoms. The van der Waals surface area contributed by atoms with E-state index in [4.69, 9.17) is 0 Å². The molecule has 2 aromatic rings. The number of thioether (sulfide) groups is 1. The molecule has 2 aromatic carbocycles. The van der Waals surface area contributed by atoms with Gasteiger partial charge in [-0.25, -0.2) is 0 Å². The Balaban J connectivity index is 1.56. The quantitative estimate of drug-likeness (QED) is 0.657. The van der Waals surface area contributed by atoms with Gasteiger partial charge in [0.2, 0.25) is 5.91 Å². The number of carbonyl (C=O) groups excluding carboxylic acids is 1. The second-order valence-electron chi connectivity index (χ2n) is 5.97. The summed E-state index contributed by atoms with van der Waals surface area (Å²) >= 11 is 2.00. The van der Waals surface area contributed by atoms with Crippen molar-refractivity contribution in [1.29, 1.82) is 0 Å². The smallest absolute Gasteiger partial charge is 0.224 e. The molecular weight excluding hydrogens is 302 g/mol. The zero-order valence-electron chi connectivity index (χ0n) is 13.4. The van der Waals surface area contributed by atoms with Crippen molar-refractivity contribution in [2.24, 2.45) is 0 Å². The molecule has 23 heavy (non-hydrogen) atoms. The van der Waals surface area contributed by atoms with Gasteiger partial charge in [-0.1, -0.05) is 60.7 Å². The topological polar surface area (TPSA) is 20.3 Å². The average molecular weight is 325 g/mol. The maximum Gasteiger partial charge on any atom is 0.224 e. The number of nitrogens with zero attached hydrogens (tertiary/aromatic N) is 1. The van der Waals surface area contributed by atoms with Gasteiger partial charge in [-0.2, -0.15) is 0 Å². The third-order valence-electron chi connectivity index (χ3n) is 4.31. The molecule has 0 spiro atoms. The second-order valence-corrected chi connectivity index (χ2v) is 7.16. The molecule has 2 nitrogen and oxygen atoms in total. The van der Waals surface area contributed by atoms with Gasteiger partial charge >= 0.3 is 0 Å². The average Bonchev–Trinajstić information content (AvgIpc) is 2.61. The Morgan fingerprint density at radius 2 is 1.70 bits per heavy atom. The molecule has 0 bridgehead atoms. The van der Waals surface area contributed by atoms with Gasteiger partial charge < -0.3 is 4.90 Å². The maximum atomic E-state index is 11.4. The molecule has 1 aliphatic rings. The lowest BCUT2D eigenvalue weighted by Crippen LogP contribution is -2.43. The number of amides is 1. The van der Waals surface area contributed by atoms with Gasteiger partial charge in [-0.3, -0.25) is 4.79 Å². The molecule has 0 N–H and O–H groups in total. The van der Waals surface area contributed by atoms with Gasteiger partial charge in [0.25, 0.3) is 0 Å². The van der Waals surface area contributed by atoms with Crippen LogP contribution in [0.15, 0.2) is 60.7 Å². The first-order valence-corrected chi connectivity index (χ1v) is 9.36. The van der Waals surface area contributed by atoms with E-state index in [9.17, 15) is 4.79 Å². The minimum absolute atomic E-state index is 0.318. The minimum Gasteiger partial charge on any atom is -0.342 e. The summed E-state index contributed by atoms with van der Waals surface area (Å²) < 4.78 is 0. The van der Waals surface area contributed by atoms with Crippen LogP contribution in [0.4, 0.5) is 0 Å². The first kappa shape index (κ1) is 16.1. The van der Waals surface area contributed by atoms with Crippen molar-refractivity contribution < 1.29 is 4.79 Å². The molecular formula is C20H23NOS. The summed E-state index contributed by atoms with van der Waals surface area (Å²) in [5, 5.41) is 0.493. The van der Waals surface area contributed by atoms with Gasteiger partial charge in [-0.15, -0.1) is 11.8 Å². The molecule has 1 saturated heterocycles. The fourth-order valence-corrected chi connectivity index (χ4v) is 4.12. The zero-order valence-corrected chi connectivity index (χ0v) is 14.2. The SMILES string of the molecule is O=C1CCN1CCCC(SCc1ccccc1)c1ccccc1. The predicted molar refractivity (Wildman–Crippen MR) is 97.4 cm³/mol. The highest BCUT2D eigenvalue weighted by atomic mass is 32.2. The summed E-state index contributed by atoms with van der Waals surface area (Å²) in [5.41, 5.74) is 2.76. The number of rotatable bonds is 8. The third kappa shape index (κ3) is 4.61. The van der Waals surface area contributed by atoms with Crippen molar-refractivity contribution in [2.45, 2.75) is 30.3 Å². The normalized spacial score (nSPS) is 15.3. The first-order chi connectivity index (χ1) is 11.3. The van der Waals surface area contributed by atoms with E-state index in [-0.39, 0.29) is 0 Å². The molecule has 0 aromatic heterocycles. The highest BCUT2D eigenvalue weighted by Crippen LogP contribution is 2.35. The van der Waals surface area contributed by atoms with Crippen LogP contribution in [-0.2, 0) is 10.5 Å². The molecule has 1 fully saturated rings. The molecule has 1 atom stereocenters. The fourth-order valence-electron chi connectivity index (χ4n) is 2.85. The van der Waals surface area contributed by atoms with E-state index in [2.05, 4.69) is 60.7 Å². The van der Waals surface area contributed by atoms with E-state index < -0.39 is 0 Å². The van der Waals surface area contributed by atoms with Crippen LogP contribution in [0.25, 0.3) is 0 Å². The Kier molecular flexibility index (Phi) is 5.76. The van der Waals surface area contributed by atoms with Crippen molar-refractivity contribution in [3.05, 3.63) is 71.8 Å². The van der Waals surface area contributed by atoms with E-state index >= 15 is 0 Å². The summed E-state index contributed by atoms with van der Waals surface area (Å²) in [5.74, 6) is 1.35. The van der Waals surface area contributed by atoms with Gasteiger partial charge in [0.1, 0.15) is 0 Å². The number of β-lactam (4-membered cyclic amide) rings is 1. The molecule has 1 unspecified atom stereocenters. The zero-order chi connectivity index (χ0) is 15.9. The molecule has 0 radical (unpaired) electrons. The number of carbonyl (C=O) groups is 1. The van der Waals surface area contributed by atoms with Crippen LogP contribution < -0.4 is 0 Å². The predicted octanol–water partition coefficient (Wildman–Crippen LogP) is 4.67. The van der Waals surface area contributed by atoms with Crippen molar-refractivity contribution in [3.8, 4) is 0 Å². The molecule has 1 amide bonds. The van der Waals surface area contributed by atoms with Crippen LogP contribution >= 0.6 is 11.8 Å². The number of likely N-dealkylation sites (tertiary alicyclic amines) is 1. The molecule has 120 valence electrons. The first-order valence-electron chi connectivity index (χ1n) is 8.31. The number of hydrogen-bond acceptors (Lipinski definition) is 2. The van der Waals surface area contributed by atoms with Crippen molar-refractivity contribution in [3.63, 3.8) is 0 Å². The summed E-state index contributed by atoms with van der Waals surface area (Å²) in [6.45, 7) is 1.86. The Morgan fingerprint density at radius 3 is 2.30 bits per heavy atom. The van der Waals surface area contributed by atoms with Crippen LogP contribution in [-0.4, -0.2) is 23.9 Å². The van der Waals surface area contributed by atoms with Crippen LogP contribution in [0.5, 0.6) is 0 Å². The van der Waals surface area contributed by atoms with E-state index in [1.165, 1.54) is 11.1 Å². The van der Waals surface area contributed by atoms with E-state index in [0.717, 1.165) is 38.1 Å². The Labute approximate surface area is 142 Å². The highest BCUT2D eigenvalue weighted by molar-refractivity contribution is 7.98. The lowest BCUT2D eigenvalue weighted by atomic mass is 10.1. The Bertz CT molecular complexity index is 614. The molecule has 1 aliphatic heterocycles. The highest BCUT2D eigenvalue weighted by Gasteiger charge is 2.23. The summed E-state index contributed by atoms with van der Waals surface area (Å²) in [6, 6.07) is 21.4. The number of hydrogen-bond donors (Lipinski definition) is 0. The lowest BCUT2D eigenvalue weighted by molar-refractivity contribution is -0.139. The standard InChI is InChI=1S/C20H23NOS/c22-20-13-15-21(20)14-7-12-19(18-10-5-2-6-11-18)23-16-17-8-3-1-4-9-17/h1-6,8-11,19H,7,12-16H2. The Hall–Kier alpha value is -1.74. The minimum atomic E-state index is 0.318. The van der Waals surface area contributed by atoms with Gasteiger partial charge in [0.15, 0.2) is 0 Å². The second kappa shape index (κ2) is 8.21. The molecule has 0 saturated carbocycles. The largest absolute Gasteiger partial charge is 0.342 e. The summed E-state index contributed by atoms with van der Waals surface area (Å²) in [7, 11) is 0. The molecule has 1 heterocycles. The van der Waals surface area contributed by atoms with Gasteiger partial charge in [0, 0.05) is 30.5 Å². The van der Waals surface area contributed by atoms with E-state index in [1.807, 2.05) is 16.7 Å². The third-order valence-corrected chi connectivity index (χ3v) is 5.72. The van der Waals surface area contributed by atoms with E-state index in [0.29, 0.717) is 11.2 Å². The Morgan fingerprint density at radius 1 is 1.00 bits per heavy atom. The fraction of sp³-hybridized carbons (Fsp3) is 0.350. The van der Waals surface area contributed by atoms with Crippen molar-refractivity contribution in [2.75, 3.05) is 13.1 Å². The number of benzene rings is 2. The van der Waals surface area contributed by atoms with Crippen molar-refractivity contribution in [1.82, 2.24) is 4.90 Å². The van der Waals surface area contributed by atoms with Gasteiger partial charge in [0.05, 0.1) is 0 Å². The summed E-state index contributed by atoms with van der Waals surface area (Å²) in [6.07, 6.45) is 2.93. The van der Waals surface area contributed by atoms with Crippen LogP contribution in [0.2, 0.25) is 0 Å². The summed E-state index contributed by atoms with van der Waals surface area (Å²) in [4.78, 5) is 13.4. The monoisotopic (exact) mass is 325 g/mol. The maximum absolute atomic E-state index is 11.4. The van der Waals surface area contributed by atoms with Crippen molar-refractivity contribution >= 4 is 17.7 Å². The lowest BCUT2D eigenvalue weighted by Gasteiger charge is -2.31. The van der Waals surface area contributed by atoms with E-state index in [1.54, 1.807) is 0 Å². The van der Waals surface area contributed by atoms with Crippen LogP contribution in [0.1, 0.15) is 35.6 Å². The molecule has 3 rings (SSSR count). The molecule has 0 aliphatic carbocycles. The van der Waals surface area contributed by atoms with Gasteiger partial charge in [-0.05, 0) is 24.0 Å². The van der Waals surface area contributed by atoms with Crippen LogP contribution in [0, 0.1) is 0 Å². The van der Waals surface area contributed by atoms with Crippen LogP contribution in [0.3, 0.4) is 0 Å².